The molecule has 6 heteroatoms. The molecule has 0 unspecified atom stereocenters. The highest BCUT2D eigenvalue weighted by molar-refractivity contribution is 5.73. The van der Waals surface area contributed by atoms with E-state index in [-0.39, 0.29) is 18.7 Å². The van der Waals surface area contributed by atoms with Crippen molar-refractivity contribution in [1.29, 1.82) is 0 Å². The quantitative estimate of drug-likeness (QED) is 0.594. The molecule has 0 aliphatic heterocycles. The molecule has 6 nitrogen and oxygen atoms in total. The van der Waals surface area contributed by atoms with Crippen LogP contribution in [0.1, 0.15) is 72.1 Å². The highest BCUT2D eigenvalue weighted by atomic mass is 16.4. The number of carboxylic acids is 2. The van der Waals surface area contributed by atoms with Crippen LogP contribution < -0.4 is 5.73 Å². The second-order valence-corrected chi connectivity index (χ2v) is 4.13. The Hall–Kier alpha value is -1.59. The van der Waals surface area contributed by atoms with E-state index in [1.165, 1.54) is 19.3 Å². The van der Waals surface area contributed by atoms with Crippen molar-refractivity contribution in [2.75, 3.05) is 0 Å². The lowest BCUT2D eigenvalue weighted by Gasteiger charge is -1.95. The van der Waals surface area contributed by atoms with Crippen LogP contribution in [0, 0.1) is 0 Å². The molecule has 0 saturated heterocycles. The van der Waals surface area contributed by atoms with Crippen molar-refractivity contribution >= 4 is 17.8 Å². The van der Waals surface area contributed by atoms with Crippen LogP contribution in [0.3, 0.4) is 0 Å². The van der Waals surface area contributed by atoms with Crippen LogP contribution in [0.2, 0.25) is 0 Å². The van der Waals surface area contributed by atoms with Crippen LogP contribution >= 0.6 is 0 Å². The molecule has 0 atom stereocenters. The third-order valence-corrected chi connectivity index (χ3v) is 2.13. The van der Waals surface area contributed by atoms with Gasteiger partial charge in [-0.2, -0.15) is 0 Å². The molecule has 0 aliphatic carbocycles. The first-order chi connectivity index (χ1) is 9.31. The van der Waals surface area contributed by atoms with E-state index < -0.39 is 11.9 Å². The van der Waals surface area contributed by atoms with E-state index in [1.54, 1.807) is 13.8 Å². The number of carbonyl (C=O) groups excluding carboxylic acids is 1. The van der Waals surface area contributed by atoms with Gasteiger partial charge in [-0.1, -0.05) is 46.5 Å². The number of rotatable bonds is 8. The summed E-state index contributed by atoms with van der Waals surface area (Å²) in [6.45, 7) is 5.37. The van der Waals surface area contributed by atoms with E-state index in [4.69, 9.17) is 15.9 Å². The maximum absolute atomic E-state index is 10.3. The number of aliphatic carboxylic acids is 2. The van der Waals surface area contributed by atoms with Crippen LogP contribution in [-0.2, 0) is 14.4 Å². The molecule has 0 radical (unpaired) electrons. The van der Waals surface area contributed by atoms with Gasteiger partial charge in [0.1, 0.15) is 0 Å². The van der Waals surface area contributed by atoms with E-state index in [1.807, 2.05) is 0 Å². The third-order valence-electron chi connectivity index (χ3n) is 2.13. The number of unbranched alkanes of at least 4 members (excludes halogenated alkanes) is 4. The average molecular weight is 291 g/mol. The van der Waals surface area contributed by atoms with Gasteiger partial charge >= 0.3 is 11.9 Å². The standard InChI is InChI=1S/C8H17NO.2C3H6O2/c1-2-3-4-5-6-7-8(9)10;2*1-2-3(4)5/h2-7H2,1H3,(H2,9,10);2*2H2,1H3,(H,4,5). The van der Waals surface area contributed by atoms with Crippen molar-refractivity contribution in [2.45, 2.75) is 72.1 Å². The monoisotopic (exact) mass is 291 g/mol. The van der Waals surface area contributed by atoms with Gasteiger partial charge in [-0.15, -0.1) is 0 Å². The van der Waals surface area contributed by atoms with Gasteiger partial charge in [0.2, 0.25) is 5.91 Å². The van der Waals surface area contributed by atoms with Crippen LogP contribution in [0.4, 0.5) is 0 Å². The SMILES string of the molecule is CCC(=O)O.CCC(=O)O.CCCCCCCC(N)=O. The molecular formula is C14H29NO5. The van der Waals surface area contributed by atoms with E-state index in [2.05, 4.69) is 6.92 Å². The summed E-state index contributed by atoms with van der Waals surface area (Å²) < 4.78 is 0. The lowest BCUT2D eigenvalue weighted by atomic mass is 10.1. The Balaban J connectivity index is -0.000000244. The number of nitrogens with two attached hydrogens (primary N) is 1. The minimum Gasteiger partial charge on any atom is -0.481 e. The maximum Gasteiger partial charge on any atom is 0.303 e. The van der Waals surface area contributed by atoms with E-state index in [0.29, 0.717) is 6.42 Å². The summed E-state index contributed by atoms with van der Waals surface area (Å²) in [5.41, 5.74) is 4.97. The van der Waals surface area contributed by atoms with Gasteiger partial charge in [-0.3, -0.25) is 14.4 Å². The first kappa shape index (κ1) is 23.5. The van der Waals surface area contributed by atoms with Crippen LogP contribution in [0.5, 0.6) is 0 Å². The summed E-state index contributed by atoms with van der Waals surface area (Å²) in [5, 5.41) is 15.4. The van der Waals surface area contributed by atoms with Gasteiger partial charge in [-0.25, -0.2) is 0 Å². The van der Waals surface area contributed by atoms with E-state index in [0.717, 1.165) is 12.8 Å². The summed E-state index contributed by atoms with van der Waals surface area (Å²) in [7, 11) is 0. The summed E-state index contributed by atoms with van der Waals surface area (Å²) in [6.07, 6.45) is 6.88. The lowest BCUT2D eigenvalue weighted by Crippen LogP contribution is -2.09. The Morgan fingerprint density at radius 3 is 1.40 bits per heavy atom. The fraction of sp³-hybridized carbons (Fsp3) is 0.786. The van der Waals surface area contributed by atoms with E-state index >= 15 is 0 Å². The van der Waals surface area contributed by atoms with Crippen molar-refractivity contribution in [3.05, 3.63) is 0 Å². The number of carbonyl (C=O) groups is 3. The normalized spacial score (nSPS) is 8.55. The molecule has 0 aliphatic rings. The summed E-state index contributed by atoms with van der Waals surface area (Å²) in [5.74, 6) is -1.66. The maximum atomic E-state index is 10.3. The molecule has 0 fully saturated rings. The van der Waals surface area contributed by atoms with Crippen LogP contribution in [0.15, 0.2) is 0 Å². The molecule has 0 aromatic heterocycles. The molecule has 20 heavy (non-hydrogen) atoms. The lowest BCUT2D eigenvalue weighted by molar-refractivity contribution is -0.137. The molecule has 0 aromatic rings. The molecule has 0 aromatic carbocycles. The van der Waals surface area contributed by atoms with Gasteiger partial charge in [0.15, 0.2) is 0 Å². The minimum absolute atomic E-state index is 0.170. The molecule has 0 heterocycles. The van der Waals surface area contributed by atoms with Crippen LogP contribution in [-0.4, -0.2) is 28.1 Å². The predicted molar refractivity (Wildman–Crippen MR) is 78.4 cm³/mol. The Labute approximate surface area is 121 Å². The second kappa shape index (κ2) is 19.7. The molecule has 120 valence electrons. The van der Waals surface area contributed by atoms with Crippen molar-refractivity contribution in [3.63, 3.8) is 0 Å². The molecule has 0 spiro atoms. The van der Waals surface area contributed by atoms with Gasteiger partial charge in [0, 0.05) is 19.3 Å². The van der Waals surface area contributed by atoms with Gasteiger partial charge in [0.05, 0.1) is 0 Å². The summed E-state index contributed by atoms with van der Waals surface area (Å²) in [4.78, 5) is 29.0. The Bertz CT molecular complexity index is 240. The zero-order chi connectivity index (χ0) is 16.4. The zero-order valence-electron chi connectivity index (χ0n) is 12.9. The molecule has 0 saturated carbocycles. The Morgan fingerprint density at radius 2 is 1.15 bits per heavy atom. The van der Waals surface area contributed by atoms with Crippen molar-refractivity contribution < 1.29 is 24.6 Å². The van der Waals surface area contributed by atoms with Gasteiger partial charge in [0.25, 0.3) is 0 Å². The second-order valence-electron chi connectivity index (χ2n) is 4.13. The number of amides is 1. The van der Waals surface area contributed by atoms with Gasteiger partial charge in [-0.05, 0) is 6.42 Å². The molecule has 1 amide bonds. The van der Waals surface area contributed by atoms with E-state index in [9.17, 15) is 14.4 Å². The number of primary amides is 1. The first-order valence-electron chi connectivity index (χ1n) is 7.03. The fourth-order valence-corrected chi connectivity index (χ4v) is 0.903. The smallest absolute Gasteiger partial charge is 0.303 e. The summed E-state index contributed by atoms with van der Waals surface area (Å²) in [6, 6.07) is 0. The highest BCUT2D eigenvalue weighted by Gasteiger charge is 1.92. The zero-order valence-corrected chi connectivity index (χ0v) is 12.9. The fourth-order valence-electron chi connectivity index (χ4n) is 0.903. The average Bonchev–Trinajstić information content (AvgIpc) is 2.39. The predicted octanol–water partition coefficient (Wildman–Crippen LogP) is 2.79. The first-order valence-corrected chi connectivity index (χ1v) is 7.03. The number of hydrogen-bond donors (Lipinski definition) is 3. The molecule has 4 N–H and O–H groups in total. The molecular weight excluding hydrogens is 262 g/mol. The van der Waals surface area contributed by atoms with Crippen molar-refractivity contribution in [1.82, 2.24) is 0 Å². The number of carboxylic acid groups (broad SMARTS) is 2. The molecule has 0 rings (SSSR count). The third kappa shape index (κ3) is 44.0. The molecule has 0 bridgehead atoms. The highest BCUT2D eigenvalue weighted by Crippen LogP contribution is 2.03. The largest absolute Gasteiger partial charge is 0.481 e. The summed E-state index contributed by atoms with van der Waals surface area (Å²) >= 11 is 0. The Kier molecular flexibility index (Phi) is 23.2. The van der Waals surface area contributed by atoms with Crippen LogP contribution in [0.25, 0.3) is 0 Å². The Morgan fingerprint density at radius 1 is 0.800 bits per heavy atom. The number of hydrogen-bond acceptors (Lipinski definition) is 3. The minimum atomic E-state index is -0.745. The van der Waals surface area contributed by atoms with Crippen molar-refractivity contribution in [2.24, 2.45) is 5.73 Å². The van der Waals surface area contributed by atoms with Crippen molar-refractivity contribution in [3.8, 4) is 0 Å². The van der Waals surface area contributed by atoms with Gasteiger partial charge < -0.3 is 15.9 Å². The topological polar surface area (TPSA) is 118 Å².